The average Bonchev–Trinajstić information content (AvgIpc) is 2.64. The molecule has 0 heterocycles. The second-order valence-corrected chi connectivity index (χ2v) is 5.43. The third kappa shape index (κ3) is 4.97. The number of nitrogens with two attached hydrogens (primary N) is 1. The molecule has 0 saturated heterocycles. The molecule has 0 fully saturated rings. The second-order valence-electron chi connectivity index (χ2n) is 5.43. The van der Waals surface area contributed by atoms with Crippen LogP contribution in [-0.2, 0) is 17.8 Å². The highest BCUT2D eigenvalue weighted by molar-refractivity contribution is 5.94. The number of aryl methyl sites for hydroxylation is 1. The molecule has 0 aromatic heterocycles. The minimum Gasteiger partial charge on any atom is -0.493 e. The van der Waals surface area contributed by atoms with E-state index >= 15 is 0 Å². The lowest BCUT2D eigenvalue weighted by atomic mass is 10.1. The summed E-state index contributed by atoms with van der Waals surface area (Å²) in [4.78, 5) is 23.2. The first-order chi connectivity index (χ1) is 12.0. The van der Waals surface area contributed by atoms with E-state index in [2.05, 4.69) is 18.3 Å². The number of amides is 2. The smallest absolute Gasteiger partial charge is 0.255 e. The van der Waals surface area contributed by atoms with Crippen molar-refractivity contribution in [2.24, 2.45) is 5.73 Å². The van der Waals surface area contributed by atoms with Crippen molar-refractivity contribution >= 4 is 11.8 Å². The van der Waals surface area contributed by atoms with E-state index in [9.17, 15) is 9.59 Å². The van der Waals surface area contributed by atoms with Gasteiger partial charge in [-0.2, -0.15) is 0 Å². The van der Waals surface area contributed by atoms with Crippen molar-refractivity contribution in [2.75, 3.05) is 13.7 Å². The Morgan fingerprint density at radius 1 is 1.08 bits per heavy atom. The van der Waals surface area contributed by atoms with Crippen molar-refractivity contribution < 1.29 is 19.1 Å². The molecule has 0 atom stereocenters. The zero-order chi connectivity index (χ0) is 18.2. The maximum Gasteiger partial charge on any atom is 0.255 e. The Labute approximate surface area is 146 Å². The fourth-order valence-electron chi connectivity index (χ4n) is 2.43. The lowest BCUT2D eigenvalue weighted by Gasteiger charge is -2.12. The maximum absolute atomic E-state index is 12.4. The average molecular weight is 342 g/mol. The summed E-state index contributed by atoms with van der Waals surface area (Å²) in [6.07, 6.45) is 0.908. The molecule has 2 aromatic carbocycles. The highest BCUT2D eigenvalue weighted by Crippen LogP contribution is 2.28. The number of hydrogen-bond acceptors (Lipinski definition) is 4. The molecule has 25 heavy (non-hydrogen) atoms. The highest BCUT2D eigenvalue weighted by Gasteiger charge is 2.12. The van der Waals surface area contributed by atoms with Crippen LogP contribution in [-0.4, -0.2) is 25.5 Å². The van der Waals surface area contributed by atoms with E-state index in [1.807, 2.05) is 18.2 Å². The van der Waals surface area contributed by atoms with Gasteiger partial charge in [-0.05, 0) is 35.7 Å². The lowest BCUT2D eigenvalue weighted by molar-refractivity contribution is -0.119. The van der Waals surface area contributed by atoms with Crippen LogP contribution in [0.3, 0.4) is 0 Å². The number of carbonyl (C=O) groups is 2. The standard InChI is InChI=1S/C19H22N2O4/c1-3-13-6-4-5-7-15(13)11-21-19(23)14-8-9-16(17(10-14)24-2)25-12-18(20)22/h4-10H,3,11-12H2,1-2H3,(H2,20,22)(H,21,23). The zero-order valence-corrected chi connectivity index (χ0v) is 14.4. The van der Waals surface area contributed by atoms with Gasteiger partial charge in [0.2, 0.25) is 0 Å². The number of nitrogens with one attached hydrogen (secondary N) is 1. The van der Waals surface area contributed by atoms with Gasteiger partial charge in [-0.3, -0.25) is 9.59 Å². The molecule has 0 aliphatic heterocycles. The van der Waals surface area contributed by atoms with Crippen molar-refractivity contribution in [2.45, 2.75) is 19.9 Å². The van der Waals surface area contributed by atoms with Crippen LogP contribution in [0.25, 0.3) is 0 Å². The molecule has 0 saturated carbocycles. The highest BCUT2D eigenvalue weighted by atomic mass is 16.5. The third-order valence-electron chi connectivity index (χ3n) is 3.73. The van der Waals surface area contributed by atoms with E-state index < -0.39 is 5.91 Å². The van der Waals surface area contributed by atoms with Crippen molar-refractivity contribution in [3.8, 4) is 11.5 Å². The first kappa shape index (κ1) is 18.3. The van der Waals surface area contributed by atoms with E-state index in [-0.39, 0.29) is 12.5 Å². The number of ether oxygens (including phenoxy) is 2. The number of methoxy groups -OCH3 is 1. The molecule has 132 valence electrons. The predicted octanol–water partition coefficient (Wildman–Crippen LogP) is 2.05. The third-order valence-corrected chi connectivity index (χ3v) is 3.73. The fraction of sp³-hybridized carbons (Fsp3) is 0.263. The Balaban J connectivity index is 2.07. The van der Waals surface area contributed by atoms with Crippen LogP contribution in [0.5, 0.6) is 11.5 Å². The first-order valence-electron chi connectivity index (χ1n) is 7.99. The fourth-order valence-corrected chi connectivity index (χ4v) is 2.43. The Hall–Kier alpha value is -3.02. The van der Waals surface area contributed by atoms with Gasteiger partial charge in [0.25, 0.3) is 11.8 Å². The molecule has 6 heteroatoms. The van der Waals surface area contributed by atoms with Gasteiger partial charge in [-0.15, -0.1) is 0 Å². The van der Waals surface area contributed by atoms with E-state index in [4.69, 9.17) is 15.2 Å². The Bertz CT molecular complexity index is 759. The normalized spacial score (nSPS) is 10.2. The molecule has 2 amide bonds. The Morgan fingerprint density at radius 2 is 1.80 bits per heavy atom. The van der Waals surface area contributed by atoms with E-state index in [0.717, 1.165) is 12.0 Å². The van der Waals surface area contributed by atoms with Crippen LogP contribution >= 0.6 is 0 Å². The topological polar surface area (TPSA) is 90.6 Å². The lowest BCUT2D eigenvalue weighted by Crippen LogP contribution is -2.23. The molecule has 0 unspecified atom stereocenters. The van der Waals surface area contributed by atoms with Crippen molar-refractivity contribution in [1.29, 1.82) is 0 Å². The molecule has 0 aliphatic rings. The van der Waals surface area contributed by atoms with Crippen LogP contribution in [0.15, 0.2) is 42.5 Å². The van der Waals surface area contributed by atoms with Crippen LogP contribution in [0.1, 0.15) is 28.4 Å². The number of carbonyl (C=O) groups excluding carboxylic acids is 2. The van der Waals surface area contributed by atoms with Gasteiger partial charge in [-0.1, -0.05) is 31.2 Å². The molecule has 0 bridgehead atoms. The molecule has 3 N–H and O–H groups in total. The van der Waals surface area contributed by atoms with Gasteiger partial charge in [0, 0.05) is 12.1 Å². The molecule has 6 nitrogen and oxygen atoms in total. The van der Waals surface area contributed by atoms with Gasteiger partial charge in [0.1, 0.15) is 0 Å². The van der Waals surface area contributed by atoms with Gasteiger partial charge < -0.3 is 20.5 Å². The van der Waals surface area contributed by atoms with E-state index in [0.29, 0.717) is 23.6 Å². The molecule has 0 radical (unpaired) electrons. The number of hydrogen-bond donors (Lipinski definition) is 2. The minimum atomic E-state index is -0.585. The monoisotopic (exact) mass is 342 g/mol. The summed E-state index contributed by atoms with van der Waals surface area (Å²) in [5.41, 5.74) is 7.80. The SMILES string of the molecule is CCc1ccccc1CNC(=O)c1ccc(OCC(N)=O)c(OC)c1. The van der Waals surface area contributed by atoms with Gasteiger partial charge in [-0.25, -0.2) is 0 Å². The Morgan fingerprint density at radius 3 is 2.44 bits per heavy atom. The molecule has 0 aliphatic carbocycles. The molecule has 0 spiro atoms. The van der Waals surface area contributed by atoms with E-state index in [1.165, 1.54) is 12.7 Å². The number of rotatable bonds is 8. The largest absolute Gasteiger partial charge is 0.493 e. The molecule has 2 rings (SSSR count). The van der Waals surface area contributed by atoms with Crippen LogP contribution in [0.2, 0.25) is 0 Å². The molecular weight excluding hydrogens is 320 g/mol. The summed E-state index contributed by atoms with van der Waals surface area (Å²) < 4.78 is 10.5. The zero-order valence-electron chi connectivity index (χ0n) is 14.4. The summed E-state index contributed by atoms with van der Waals surface area (Å²) in [6.45, 7) is 2.27. The number of benzene rings is 2. The van der Waals surface area contributed by atoms with Gasteiger partial charge in [0.15, 0.2) is 18.1 Å². The summed E-state index contributed by atoms with van der Waals surface area (Å²) in [5.74, 6) is -0.0823. The van der Waals surface area contributed by atoms with Crippen LogP contribution < -0.4 is 20.5 Å². The van der Waals surface area contributed by atoms with E-state index in [1.54, 1.807) is 18.2 Å². The summed E-state index contributed by atoms with van der Waals surface area (Å²) in [6, 6.07) is 12.7. The van der Waals surface area contributed by atoms with Crippen molar-refractivity contribution in [3.05, 3.63) is 59.2 Å². The quantitative estimate of drug-likeness (QED) is 0.768. The van der Waals surface area contributed by atoms with Gasteiger partial charge in [0.05, 0.1) is 7.11 Å². The molecule has 2 aromatic rings. The maximum atomic E-state index is 12.4. The van der Waals surface area contributed by atoms with Crippen molar-refractivity contribution in [3.63, 3.8) is 0 Å². The first-order valence-corrected chi connectivity index (χ1v) is 7.99. The van der Waals surface area contributed by atoms with Gasteiger partial charge >= 0.3 is 0 Å². The second kappa shape index (κ2) is 8.73. The minimum absolute atomic E-state index is 0.217. The Kier molecular flexibility index (Phi) is 6.39. The predicted molar refractivity (Wildman–Crippen MR) is 94.7 cm³/mol. The summed E-state index contributed by atoms with van der Waals surface area (Å²) in [5, 5.41) is 2.90. The molecular formula is C19H22N2O4. The summed E-state index contributed by atoms with van der Waals surface area (Å²) in [7, 11) is 1.46. The van der Waals surface area contributed by atoms with Crippen molar-refractivity contribution in [1.82, 2.24) is 5.32 Å². The summed E-state index contributed by atoms with van der Waals surface area (Å²) >= 11 is 0. The van der Waals surface area contributed by atoms with Crippen LogP contribution in [0, 0.1) is 0 Å². The number of primary amides is 1. The van der Waals surface area contributed by atoms with Crippen LogP contribution in [0.4, 0.5) is 0 Å².